The van der Waals surface area contributed by atoms with E-state index in [9.17, 15) is 19.2 Å². The van der Waals surface area contributed by atoms with Crippen LogP contribution in [0.4, 0.5) is 11.4 Å². The summed E-state index contributed by atoms with van der Waals surface area (Å²) in [5.74, 6) is -1.43. The number of carbonyl (C=O) groups is 4. The van der Waals surface area contributed by atoms with Crippen molar-refractivity contribution in [2.24, 2.45) is 4.99 Å². The number of aliphatic imine (C=N–C) groups is 1. The van der Waals surface area contributed by atoms with E-state index >= 15 is 0 Å². The Morgan fingerprint density at radius 1 is 1.03 bits per heavy atom. The minimum Gasteiger partial charge on any atom is -0.465 e. The quantitative estimate of drug-likeness (QED) is 0.619. The van der Waals surface area contributed by atoms with E-state index in [1.165, 1.54) is 23.8 Å². The topological polar surface area (TPSA) is 114 Å². The number of anilines is 1. The maximum Gasteiger partial charge on any atom is 0.338 e. The Labute approximate surface area is 195 Å². The highest BCUT2D eigenvalue weighted by Crippen LogP contribution is 2.31. The third-order valence-corrected chi connectivity index (χ3v) is 5.93. The molecule has 0 saturated carbocycles. The summed E-state index contributed by atoms with van der Waals surface area (Å²) in [6, 6.07) is 12.8. The van der Waals surface area contributed by atoms with Crippen LogP contribution in [0.2, 0.25) is 0 Å². The lowest BCUT2D eigenvalue weighted by Crippen LogP contribution is -2.30. The number of nitrogens with zero attached hydrogens (tertiary/aromatic N) is 2. The van der Waals surface area contributed by atoms with Crippen LogP contribution in [0.1, 0.15) is 34.1 Å². The molecule has 3 rings (SSSR count). The molecule has 1 aliphatic heterocycles. The van der Waals surface area contributed by atoms with E-state index in [0.29, 0.717) is 27.7 Å². The monoisotopic (exact) mass is 469 g/mol. The Hall–Kier alpha value is -3.66. The highest BCUT2D eigenvalue weighted by Gasteiger charge is 2.37. The van der Waals surface area contributed by atoms with Crippen LogP contribution in [-0.2, 0) is 19.1 Å². The van der Waals surface area contributed by atoms with Crippen molar-refractivity contribution in [3.8, 4) is 0 Å². The lowest BCUT2D eigenvalue weighted by molar-refractivity contribution is -0.127. The second kappa shape index (κ2) is 10.8. The zero-order valence-electron chi connectivity index (χ0n) is 18.4. The molecule has 172 valence electrons. The van der Waals surface area contributed by atoms with Crippen molar-refractivity contribution < 1.29 is 28.7 Å². The van der Waals surface area contributed by atoms with Crippen LogP contribution in [0.25, 0.3) is 0 Å². The Kier molecular flexibility index (Phi) is 7.83. The number of ether oxygens (including phenoxy) is 2. The fourth-order valence-corrected chi connectivity index (χ4v) is 4.14. The fourth-order valence-electron chi connectivity index (χ4n) is 2.98. The summed E-state index contributed by atoms with van der Waals surface area (Å²) in [5.41, 5.74) is 1.86. The molecule has 0 bridgehead atoms. The van der Waals surface area contributed by atoms with Crippen molar-refractivity contribution in [2.75, 3.05) is 26.1 Å². The van der Waals surface area contributed by atoms with Gasteiger partial charge in [0.1, 0.15) is 5.25 Å². The second-order valence-electron chi connectivity index (χ2n) is 6.99. The van der Waals surface area contributed by atoms with Gasteiger partial charge in [0.15, 0.2) is 5.17 Å². The van der Waals surface area contributed by atoms with Gasteiger partial charge in [0.2, 0.25) is 11.8 Å². The molecule has 1 fully saturated rings. The molecule has 2 aromatic carbocycles. The first-order valence-electron chi connectivity index (χ1n) is 10.1. The van der Waals surface area contributed by atoms with E-state index in [0.717, 1.165) is 0 Å². The summed E-state index contributed by atoms with van der Waals surface area (Å²) < 4.78 is 9.60. The van der Waals surface area contributed by atoms with Crippen LogP contribution < -0.4 is 5.32 Å². The second-order valence-corrected chi connectivity index (χ2v) is 8.16. The van der Waals surface area contributed by atoms with Gasteiger partial charge in [-0.15, -0.1) is 0 Å². The van der Waals surface area contributed by atoms with Crippen molar-refractivity contribution in [3.05, 3.63) is 59.7 Å². The van der Waals surface area contributed by atoms with E-state index in [-0.39, 0.29) is 24.8 Å². The van der Waals surface area contributed by atoms with E-state index in [4.69, 9.17) is 4.74 Å². The molecule has 1 atom stereocenters. The minimum absolute atomic E-state index is 0.0340. The molecule has 1 N–H and O–H groups in total. The zero-order valence-corrected chi connectivity index (χ0v) is 19.2. The summed E-state index contributed by atoms with van der Waals surface area (Å²) in [6.45, 7) is 2.01. The van der Waals surface area contributed by atoms with Crippen molar-refractivity contribution in [1.82, 2.24) is 4.90 Å². The highest BCUT2D eigenvalue weighted by molar-refractivity contribution is 8.15. The molecule has 1 saturated heterocycles. The molecule has 0 radical (unpaired) electrons. The van der Waals surface area contributed by atoms with Gasteiger partial charge in [0.25, 0.3) is 0 Å². The largest absolute Gasteiger partial charge is 0.465 e. The van der Waals surface area contributed by atoms with Gasteiger partial charge in [-0.25, -0.2) is 14.6 Å². The predicted octanol–water partition coefficient (Wildman–Crippen LogP) is 3.24. The molecule has 0 spiro atoms. The first-order valence-corrected chi connectivity index (χ1v) is 11.0. The van der Waals surface area contributed by atoms with Crippen molar-refractivity contribution in [3.63, 3.8) is 0 Å². The van der Waals surface area contributed by atoms with Crippen LogP contribution in [0.15, 0.2) is 53.5 Å². The standard InChI is InChI=1S/C23H23N3O6S/c1-4-32-22(30)15-7-9-16(10-8-15)24-19(27)13-18-20(28)26(2)23(33-18)25-17-11-5-14(6-12-17)21(29)31-3/h5-12,18H,4,13H2,1-3H3,(H,24,27)/t18-/m1/s1. The molecular weight excluding hydrogens is 446 g/mol. The van der Waals surface area contributed by atoms with E-state index in [1.54, 1.807) is 62.5 Å². The Balaban J connectivity index is 1.61. The Morgan fingerprint density at radius 3 is 2.24 bits per heavy atom. The normalized spacial score (nSPS) is 16.6. The molecule has 0 aliphatic carbocycles. The Bertz CT molecular complexity index is 1080. The number of amides is 2. The lowest BCUT2D eigenvalue weighted by Gasteiger charge is -2.10. The van der Waals surface area contributed by atoms with Crippen molar-refractivity contribution in [1.29, 1.82) is 0 Å². The van der Waals surface area contributed by atoms with E-state index in [1.807, 2.05) is 0 Å². The summed E-state index contributed by atoms with van der Waals surface area (Å²) in [7, 11) is 2.91. The predicted molar refractivity (Wildman–Crippen MR) is 125 cm³/mol. The zero-order chi connectivity index (χ0) is 24.0. The molecule has 2 amide bonds. The molecule has 0 unspecified atom stereocenters. The number of methoxy groups -OCH3 is 1. The maximum atomic E-state index is 12.6. The number of nitrogens with one attached hydrogen (secondary N) is 1. The van der Waals surface area contributed by atoms with Gasteiger partial charge in [0, 0.05) is 19.2 Å². The van der Waals surface area contributed by atoms with Crippen molar-refractivity contribution in [2.45, 2.75) is 18.6 Å². The summed E-state index contributed by atoms with van der Waals surface area (Å²) >= 11 is 1.20. The van der Waals surface area contributed by atoms with Crippen LogP contribution in [0, 0.1) is 0 Å². The number of thioether (sulfide) groups is 1. The van der Waals surface area contributed by atoms with Gasteiger partial charge >= 0.3 is 11.9 Å². The number of esters is 2. The fraction of sp³-hybridized carbons (Fsp3) is 0.261. The number of hydrogen-bond donors (Lipinski definition) is 1. The molecule has 33 heavy (non-hydrogen) atoms. The van der Waals surface area contributed by atoms with Crippen molar-refractivity contribution >= 4 is 52.1 Å². The molecule has 10 heteroatoms. The summed E-state index contributed by atoms with van der Waals surface area (Å²) in [6.07, 6.45) is -0.0340. The average molecular weight is 470 g/mol. The number of carbonyl (C=O) groups excluding carboxylic acids is 4. The first-order chi connectivity index (χ1) is 15.8. The SMILES string of the molecule is CCOC(=O)c1ccc(NC(=O)C[C@H]2SC(=Nc3ccc(C(=O)OC)cc3)N(C)C2=O)cc1. The summed E-state index contributed by atoms with van der Waals surface area (Å²) in [5, 5.41) is 2.58. The van der Waals surface area contributed by atoms with E-state index < -0.39 is 17.2 Å². The van der Waals surface area contributed by atoms with E-state index in [2.05, 4.69) is 15.0 Å². The number of amidine groups is 1. The van der Waals surface area contributed by atoms with Gasteiger partial charge < -0.3 is 14.8 Å². The lowest BCUT2D eigenvalue weighted by atomic mass is 10.2. The molecular formula is C23H23N3O6S. The number of rotatable bonds is 7. The Morgan fingerprint density at radius 2 is 1.64 bits per heavy atom. The van der Waals surface area contributed by atoms with Crippen LogP contribution in [-0.4, -0.2) is 59.8 Å². The minimum atomic E-state index is -0.609. The highest BCUT2D eigenvalue weighted by atomic mass is 32.2. The van der Waals surface area contributed by atoms with Crippen LogP contribution >= 0.6 is 11.8 Å². The van der Waals surface area contributed by atoms with Gasteiger partial charge in [-0.3, -0.25) is 14.5 Å². The molecule has 1 heterocycles. The third-order valence-electron chi connectivity index (χ3n) is 4.70. The van der Waals surface area contributed by atoms with Crippen LogP contribution in [0.3, 0.4) is 0 Å². The first kappa shape index (κ1) is 24.0. The van der Waals surface area contributed by atoms with Crippen LogP contribution in [0.5, 0.6) is 0 Å². The summed E-state index contributed by atoms with van der Waals surface area (Å²) in [4.78, 5) is 54.2. The van der Waals surface area contributed by atoms with Gasteiger partial charge in [-0.1, -0.05) is 11.8 Å². The van der Waals surface area contributed by atoms with Gasteiger partial charge in [-0.2, -0.15) is 0 Å². The molecule has 0 aromatic heterocycles. The number of benzene rings is 2. The smallest absolute Gasteiger partial charge is 0.338 e. The number of hydrogen-bond acceptors (Lipinski definition) is 8. The molecule has 1 aliphatic rings. The third kappa shape index (κ3) is 5.98. The van der Waals surface area contributed by atoms with Gasteiger partial charge in [0.05, 0.1) is 30.5 Å². The molecule has 9 nitrogen and oxygen atoms in total. The average Bonchev–Trinajstić information content (AvgIpc) is 3.07. The maximum absolute atomic E-state index is 12.6. The van der Waals surface area contributed by atoms with Gasteiger partial charge in [-0.05, 0) is 55.5 Å². The molecule has 2 aromatic rings.